The molecule has 0 fully saturated rings. The summed E-state index contributed by atoms with van der Waals surface area (Å²) in [7, 11) is 0. The van der Waals surface area contributed by atoms with Crippen LogP contribution in [0.15, 0.2) is 24.3 Å². The number of nitrogens with one attached hydrogen (secondary N) is 1. The van der Waals surface area contributed by atoms with E-state index in [9.17, 15) is 0 Å². The van der Waals surface area contributed by atoms with Crippen molar-refractivity contribution in [2.45, 2.75) is 39.0 Å². The number of halogens is 1. The minimum Gasteiger partial charge on any atom is -0.316 e. The first kappa shape index (κ1) is 13.5. The molecule has 0 bridgehead atoms. The van der Waals surface area contributed by atoms with Crippen LogP contribution in [0.5, 0.6) is 0 Å². The van der Waals surface area contributed by atoms with Gasteiger partial charge in [0.05, 0.1) is 0 Å². The lowest BCUT2D eigenvalue weighted by atomic mass is 9.76. The molecular formula is C14H22ClN. The second-order valence-corrected chi connectivity index (χ2v) is 4.71. The predicted molar refractivity (Wildman–Crippen MR) is 72.3 cm³/mol. The monoisotopic (exact) mass is 239 g/mol. The Morgan fingerprint density at radius 2 is 1.62 bits per heavy atom. The molecule has 1 aromatic rings. The fourth-order valence-corrected chi connectivity index (χ4v) is 2.30. The van der Waals surface area contributed by atoms with Crippen molar-refractivity contribution in [1.82, 2.24) is 5.32 Å². The standard InChI is InChI=1S/C14H22ClN/c1-4-14(5-2,11-16-6-3)12-7-9-13(15)10-8-12/h7-10,16H,4-6,11H2,1-3H3. The van der Waals surface area contributed by atoms with Gasteiger partial charge in [-0.25, -0.2) is 0 Å². The largest absolute Gasteiger partial charge is 0.316 e. The fraction of sp³-hybridized carbons (Fsp3) is 0.571. The molecule has 0 aromatic heterocycles. The molecule has 0 atom stereocenters. The van der Waals surface area contributed by atoms with E-state index in [4.69, 9.17) is 11.6 Å². The van der Waals surface area contributed by atoms with Gasteiger partial charge in [0.1, 0.15) is 0 Å². The Balaban J connectivity index is 2.95. The summed E-state index contributed by atoms with van der Waals surface area (Å²) in [6.45, 7) is 8.73. The van der Waals surface area contributed by atoms with Crippen molar-refractivity contribution < 1.29 is 0 Å². The molecule has 0 saturated carbocycles. The van der Waals surface area contributed by atoms with Gasteiger partial charge in [-0.1, -0.05) is 44.5 Å². The van der Waals surface area contributed by atoms with Crippen LogP contribution in [0.2, 0.25) is 5.02 Å². The van der Waals surface area contributed by atoms with E-state index in [0.717, 1.165) is 31.0 Å². The Kier molecular flexibility index (Phi) is 5.30. The molecule has 2 heteroatoms. The number of hydrogen-bond acceptors (Lipinski definition) is 1. The zero-order valence-electron chi connectivity index (χ0n) is 10.5. The fourth-order valence-electron chi connectivity index (χ4n) is 2.18. The minimum absolute atomic E-state index is 0.251. The van der Waals surface area contributed by atoms with E-state index in [1.54, 1.807) is 0 Å². The second kappa shape index (κ2) is 6.27. The van der Waals surface area contributed by atoms with E-state index in [1.807, 2.05) is 12.1 Å². The van der Waals surface area contributed by atoms with E-state index in [0.29, 0.717) is 0 Å². The predicted octanol–water partition coefficient (Wildman–Crippen LogP) is 4.01. The minimum atomic E-state index is 0.251. The molecule has 0 aliphatic heterocycles. The summed E-state index contributed by atoms with van der Waals surface area (Å²) in [6, 6.07) is 8.30. The third-order valence-corrected chi connectivity index (χ3v) is 3.78. The SMILES string of the molecule is CCNCC(CC)(CC)c1ccc(Cl)cc1. The summed E-state index contributed by atoms with van der Waals surface area (Å²) in [5.74, 6) is 0. The smallest absolute Gasteiger partial charge is 0.0406 e. The zero-order valence-corrected chi connectivity index (χ0v) is 11.3. The first-order chi connectivity index (χ1) is 7.68. The highest BCUT2D eigenvalue weighted by Crippen LogP contribution is 2.31. The van der Waals surface area contributed by atoms with E-state index in [2.05, 4.69) is 38.2 Å². The van der Waals surface area contributed by atoms with Crippen LogP contribution in [0.1, 0.15) is 39.2 Å². The van der Waals surface area contributed by atoms with Crippen molar-refractivity contribution in [3.63, 3.8) is 0 Å². The lowest BCUT2D eigenvalue weighted by Gasteiger charge is -2.32. The molecular weight excluding hydrogens is 218 g/mol. The third kappa shape index (κ3) is 2.99. The van der Waals surface area contributed by atoms with Crippen molar-refractivity contribution in [3.05, 3.63) is 34.9 Å². The van der Waals surface area contributed by atoms with Gasteiger partial charge in [-0.15, -0.1) is 0 Å². The molecule has 1 aromatic carbocycles. The summed E-state index contributed by atoms with van der Waals surface area (Å²) < 4.78 is 0. The maximum Gasteiger partial charge on any atom is 0.0406 e. The van der Waals surface area contributed by atoms with Crippen molar-refractivity contribution in [3.8, 4) is 0 Å². The Morgan fingerprint density at radius 3 is 2.06 bits per heavy atom. The number of hydrogen-bond donors (Lipinski definition) is 1. The van der Waals surface area contributed by atoms with Crippen LogP contribution >= 0.6 is 11.6 Å². The van der Waals surface area contributed by atoms with Gasteiger partial charge in [0.15, 0.2) is 0 Å². The zero-order chi connectivity index (χ0) is 12.0. The summed E-state index contributed by atoms with van der Waals surface area (Å²) in [6.07, 6.45) is 2.30. The molecule has 90 valence electrons. The summed E-state index contributed by atoms with van der Waals surface area (Å²) in [5.41, 5.74) is 1.64. The maximum atomic E-state index is 5.94. The molecule has 0 unspecified atom stereocenters. The molecule has 0 spiro atoms. The molecule has 1 N–H and O–H groups in total. The highest BCUT2D eigenvalue weighted by molar-refractivity contribution is 6.30. The van der Waals surface area contributed by atoms with Crippen LogP contribution < -0.4 is 5.32 Å². The normalized spacial score (nSPS) is 11.8. The Bertz CT molecular complexity index is 301. The van der Waals surface area contributed by atoms with E-state index in [1.165, 1.54) is 5.56 Å². The molecule has 0 aliphatic rings. The van der Waals surface area contributed by atoms with E-state index in [-0.39, 0.29) is 5.41 Å². The van der Waals surface area contributed by atoms with Crippen LogP contribution in [-0.4, -0.2) is 13.1 Å². The third-order valence-electron chi connectivity index (χ3n) is 3.52. The lowest BCUT2D eigenvalue weighted by molar-refractivity contribution is 0.372. The Labute approximate surface area is 104 Å². The van der Waals surface area contributed by atoms with Crippen LogP contribution in [-0.2, 0) is 5.41 Å². The van der Waals surface area contributed by atoms with Crippen LogP contribution in [0.25, 0.3) is 0 Å². The second-order valence-electron chi connectivity index (χ2n) is 4.27. The maximum absolute atomic E-state index is 5.94. The average Bonchev–Trinajstić information content (AvgIpc) is 2.33. The molecule has 1 rings (SSSR count). The van der Waals surface area contributed by atoms with Crippen molar-refractivity contribution in [2.24, 2.45) is 0 Å². The molecule has 0 amide bonds. The first-order valence-electron chi connectivity index (χ1n) is 6.15. The summed E-state index contributed by atoms with van der Waals surface area (Å²) >= 11 is 5.94. The average molecular weight is 240 g/mol. The van der Waals surface area contributed by atoms with E-state index < -0.39 is 0 Å². The molecule has 0 aliphatic carbocycles. The van der Waals surface area contributed by atoms with Gasteiger partial charge in [-0.3, -0.25) is 0 Å². The first-order valence-corrected chi connectivity index (χ1v) is 6.53. The van der Waals surface area contributed by atoms with Crippen LogP contribution in [0.4, 0.5) is 0 Å². The van der Waals surface area contributed by atoms with Gasteiger partial charge in [-0.2, -0.15) is 0 Å². The topological polar surface area (TPSA) is 12.0 Å². The van der Waals surface area contributed by atoms with Gasteiger partial charge in [0, 0.05) is 17.0 Å². The summed E-state index contributed by atoms with van der Waals surface area (Å²) in [5, 5.41) is 4.28. The molecule has 0 heterocycles. The number of rotatable bonds is 6. The highest BCUT2D eigenvalue weighted by Gasteiger charge is 2.27. The Hall–Kier alpha value is -0.530. The van der Waals surface area contributed by atoms with Crippen LogP contribution in [0, 0.1) is 0 Å². The van der Waals surface area contributed by atoms with Gasteiger partial charge in [0.2, 0.25) is 0 Å². The molecule has 16 heavy (non-hydrogen) atoms. The van der Waals surface area contributed by atoms with E-state index >= 15 is 0 Å². The van der Waals surface area contributed by atoms with Crippen molar-refractivity contribution in [1.29, 1.82) is 0 Å². The van der Waals surface area contributed by atoms with Crippen molar-refractivity contribution in [2.75, 3.05) is 13.1 Å². The number of benzene rings is 1. The van der Waals surface area contributed by atoms with Gasteiger partial charge >= 0.3 is 0 Å². The lowest BCUT2D eigenvalue weighted by Crippen LogP contribution is -2.37. The van der Waals surface area contributed by atoms with Crippen LogP contribution in [0.3, 0.4) is 0 Å². The Morgan fingerprint density at radius 1 is 1.06 bits per heavy atom. The molecule has 0 radical (unpaired) electrons. The quantitative estimate of drug-likeness (QED) is 0.791. The highest BCUT2D eigenvalue weighted by atomic mass is 35.5. The van der Waals surface area contributed by atoms with Gasteiger partial charge < -0.3 is 5.32 Å². The van der Waals surface area contributed by atoms with Gasteiger partial charge in [0.25, 0.3) is 0 Å². The van der Waals surface area contributed by atoms with Crippen molar-refractivity contribution >= 4 is 11.6 Å². The molecule has 0 saturated heterocycles. The number of likely N-dealkylation sites (N-methyl/N-ethyl adjacent to an activating group) is 1. The van der Waals surface area contributed by atoms with Gasteiger partial charge in [-0.05, 0) is 37.1 Å². The summed E-state index contributed by atoms with van der Waals surface area (Å²) in [4.78, 5) is 0. The molecule has 1 nitrogen and oxygen atoms in total.